The van der Waals surface area contributed by atoms with Crippen LogP contribution in [0.5, 0.6) is 0 Å². The number of hydrogen-bond donors (Lipinski definition) is 2. The van der Waals surface area contributed by atoms with Crippen LogP contribution in [0.4, 0.5) is 5.69 Å². The number of amides is 1. The average Bonchev–Trinajstić information content (AvgIpc) is 2.40. The van der Waals surface area contributed by atoms with Crippen molar-refractivity contribution in [3.63, 3.8) is 0 Å². The molecule has 1 aromatic heterocycles. The molecule has 0 fully saturated rings. The van der Waals surface area contributed by atoms with Gasteiger partial charge in [-0.25, -0.2) is 0 Å². The van der Waals surface area contributed by atoms with Crippen molar-refractivity contribution in [1.82, 2.24) is 4.98 Å². The van der Waals surface area contributed by atoms with Gasteiger partial charge in [0, 0.05) is 18.1 Å². The van der Waals surface area contributed by atoms with Crippen molar-refractivity contribution in [1.29, 1.82) is 0 Å². The van der Waals surface area contributed by atoms with Crippen LogP contribution >= 0.6 is 0 Å². The number of pyridine rings is 1. The Kier molecular flexibility index (Phi) is 4.10. The van der Waals surface area contributed by atoms with E-state index in [4.69, 9.17) is 5.11 Å². The fraction of sp³-hybridized carbons (Fsp3) is 0.133. The minimum atomic E-state index is -0.941. The van der Waals surface area contributed by atoms with E-state index in [0.717, 1.165) is 5.56 Å². The highest BCUT2D eigenvalue weighted by molar-refractivity contribution is 6.04. The van der Waals surface area contributed by atoms with Gasteiger partial charge < -0.3 is 10.4 Å². The minimum Gasteiger partial charge on any atom is -0.481 e. The van der Waals surface area contributed by atoms with Crippen molar-refractivity contribution in [2.45, 2.75) is 13.3 Å². The van der Waals surface area contributed by atoms with Crippen molar-refractivity contribution in [3.8, 4) is 0 Å². The lowest BCUT2D eigenvalue weighted by Gasteiger charge is -2.09. The highest BCUT2D eigenvalue weighted by Crippen LogP contribution is 2.17. The maximum atomic E-state index is 12.1. The molecular weight excluding hydrogens is 256 g/mol. The maximum Gasteiger partial charge on any atom is 0.307 e. The molecule has 5 heteroatoms. The smallest absolute Gasteiger partial charge is 0.307 e. The summed E-state index contributed by atoms with van der Waals surface area (Å²) in [5, 5.41) is 11.6. The molecule has 1 heterocycles. The van der Waals surface area contributed by atoms with Crippen LogP contribution in [-0.2, 0) is 11.2 Å². The van der Waals surface area contributed by atoms with Crippen LogP contribution in [0.15, 0.2) is 42.7 Å². The second-order valence-corrected chi connectivity index (χ2v) is 4.43. The Hall–Kier alpha value is -2.69. The van der Waals surface area contributed by atoms with Gasteiger partial charge in [0.15, 0.2) is 0 Å². The van der Waals surface area contributed by atoms with E-state index in [1.807, 2.05) is 6.92 Å². The number of rotatable bonds is 4. The van der Waals surface area contributed by atoms with Gasteiger partial charge in [-0.05, 0) is 30.2 Å². The number of para-hydroxylation sites is 1. The van der Waals surface area contributed by atoms with Crippen molar-refractivity contribution in [2.75, 3.05) is 5.32 Å². The summed E-state index contributed by atoms with van der Waals surface area (Å²) < 4.78 is 0. The second-order valence-electron chi connectivity index (χ2n) is 4.43. The summed E-state index contributed by atoms with van der Waals surface area (Å²) in [5.41, 5.74) is 2.39. The van der Waals surface area contributed by atoms with E-state index in [0.29, 0.717) is 16.8 Å². The summed E-state index contributed by atoms with van der Waals surface area (Å²) in [6, 6.07) is 8.57. The standard InChI is InChI=1S/C15H14N2O3/c1-10-6-12(9-16-8-10)15(20)17-13-5-3-2-4-11(13)7-14(18)19/h2-6,8-9H,7H2,1H3,(H,17,20)(H,18,19). The number of carbonyl (C=O) groups excluding carboxylic acids is 1. The molecule has 0 saturated heterocycles. The molecule has 1 amide bonds. The Morgan fingerprint density at radius 1 is 1.25 bits per heavy atom. The molecule has 102 valence electrons. The first-order chi connectivity index (χ1) is 9.56. The molecule has 2 rings (SSSR count). The van der Waals surface area contributed by atoms with Crippen LogP contribution < -0.4 is 5.32 Å². The highest BCUT2D eigenvalue weighted by Gasteiger charge is 2.11. The maximum absolute atomic E-state index is 12.1. The number of nitrogens with zero attached hydrogens (tertiary/aromatic N) is 1. The van der Waals surface area contributed by atoms with E-state index >= 15 is 0 Å². The third-order valence-corrected chi connectivity index (χ3v) is 2.74. The van der Waals surface area contributed by atoms with Crippen molar-refractivity contribution >= 4 is 17.6 Å². The molecular formula is C15H14N2O3. The molecule has 0 atom stereocenters. The first-order valence-corrected chi connectivity index (χ1v) is 6.09. The minimum absolute atomic E-state index is 0.136. The molecule has 5 nitrogen and oxygen atoms in total. The van der Waals surface area contributed by atoms with Crippen LogP contribution in [0.1, 0.15) is 21.5 Å². The molecule has 0 radical (unpaired) electrons. The summed E-state index contributed by atoms with van der Waals surface area (Å²) in [6.07, 6.45) is 3.00. The van der Waals surface area contributed by atoms with Crippen LogP contribution in [0, 0.1) is 6.92 Å². The summed E-state index contributed by atoms with van der Waals surface area (Å²) in [7, 11) is 0. The first-order valence-electron chi connectivity index (χ1n) is 6.09. The molecule has 0 unspecified atom stereocenters. The van der Waals surface area contributed by atoms with Gasteiger partial charge >= 0.3 is 5.97 Å². The van der Waals surface area contributed by atoms with E-state index in [1.165, 1.54) is 6.20 Å². The molecule has 0 bridgehead atoms. The van der Waals surface area contributed by atoms with E-state index < -0.39 is 5.97 Å². The number of benzene rings is 1. The van der Waals surface area contributed by atoms with Gasteiger partial charge in [0.2, 0.25) is 0 Å². The van der Waals surface area contributed by atoms with Gasteiger partial charge in [0.05, 0.1) is 12.0 Å². The second kappa shape index (κ2) is 5.97. The fourth-order valence-electron chi connectivity index (χ4n) is 1.83. The Balaban J connectivity index is 2.21. The Morgan fingerprint density at radius 2 is 2.00 bits per heavy atom. The zero-order valence-electron chi connectivity index (χ0n) is 11.0. The predicted molar refractivity (Wildman–Crippen MR) is 74.7 cm³/mol. The normalized spacial score (nSPS) is 10.1. The summed E-state index contributed by atoms with van der Waals surface area (Å²) >= 11 is 0. The molecule has 1 aromatic carbocycles. The van der Waals surface area contributed by atoms with Crippen LogP contribution in [-0.4, -0.2) is 22.0 Å². The van der Waals surface area contributed by atoms with Crippen LogP contribution in [0.2, 0.25) is 0 Å². The molecule has 0 spiro atoms. The lowest BCUT2D eigenvalue weighted by molar-refractivity contribution is -0.136. The molecule has 0 aliphatic heterocycles. The van der Waals surface area contributed by atoms with E-state index in [1.54, 1.807) is 36.5 Å². The van der Waals surface area contributed by atoms with Crippen molar-refractivity contribution in [3.05, 3.63) is 59.4 Å². The Bertz CT molecular complexity index is 653. The predicted octanol–water partition coefficient (Wildman–Crippen LogP) is 2.27. The number of carbonyl (C=O) groups is 2. The van der Waals surface area contributed by atoms with Gasteiger partial charge in [-0.15, -0.1) is 0 Å². The van der Waals surface area contributed by atoms with Gasteiger partial charge in [0.1, 0.15) is 0 Å². The first kappa shape index (κ1) is 13.7. The van der Waals surface area contributed by atoms with Gasteiger partial charge in [-0.1, -0.05) is 18.2 Å². The molecule has 0 saturated carbocycles. The average molecular weight is 270 g/mol. The quantitative estimate of drug-likeness (QED) is 0.893. The van der Waals surface area contributed by atoms with Crippen LogP contribution in [0.25, 0.3) is 0 Å². The molecule has 2 N–H and O–H groups in total. The SMILES string of the molecule is Cc1cncc(C(=O)Nc2ccccc2CC(=O)O)c1. The summed E-state index contributed by atoms with van der Waals surface area (Å²) in [6.45, 7) is 1.85. The lowest BCUT2D eigenvalue weighted by Crippen LogP contribution is -2.14. The number of aryl methyl sites for hydroxylation is 1. The van der Waals surface area contributed by atoms with E-state index in [9.17, 15) is 9.59 Å². The molecule has 2 aromatic rings. The van der Waals surface area contributed by atoms with Gasteiger partial charge in [-0.2, -0.15) is 0 Å². The van der Waals surface area contributed by atoms with E-state index in [-0.39, 0.29) is 12.3 Å². The number of nitrogens with one attached hydrogen (secondary N) is 1. The van der Waals surface area contributed by atoms with Crippen LogP contribution in [0.3, 0.4) is 0 Å². The zero-order valence-corrected chi connectivity index (χ0v) is 11.0. The number of aromatic nitrogens is 1. The number of hydrogen-bond acceptors (Lipinski definition) is 3. The molecule has 0 aliphatic carbocycles. The van der Waals surface area contributed by atoms with Gasteiger partial charge in [0.25, 0.3) is 5.91 Å². The van der Waals surface area contributed by atoms with E-state index in [2.05, 4.69) is 10.3 Å². The topological polar surface area (TPSA) is 79.3 Å². The number of aliphatic carboxylic acids is 1. The molecule has 20 heavy (non-hydrogen) atoms. The lowest BCUT2D eigenvalue weighted by atomic mass is 10.1. The molecule has 0 aliphatic rings. The third kappa shape index (κ3) is 3.41. The fourth-order valence-corrected chi connectivity index (χ4v) is 1.83. The zero-order chi connectivity index (χ0) is 14.5. The number of carboxylic acids is 1. The largest absolute Gasteiger partial charge is 0.481 e. The monoisotopic (exact) mass is 270 g/mol. The Labute approximate surface area is 116 Å². The Morgan fingerprint density at radius 3 is 2.70 bits per heavy atom. The van der Waals surface area contributed by atoms with Crippen molar-refractivity contribution in [2.24, 2.45) is 0 Å². The number of carboxylic acid groups (broad SMARTS) is 1. The van der Waals surface area contributed by atoms with Crippen molar-refractivity contribution < 1.29 is 14.7 Å². The van der Waals surface area contributed by atoms with Gasteiger partial charge in [-0.3, -0.25) is 14.6 Å². The third-order valence-electron chi connectivity index (χ3n) is 2.74. The highest BCUT2D eigenvalue weighted by atomic mass is 16.4. The summed E-state index contributed by atoms with van der Waals surface area (Å²) in [4.78, 5) is 26.9. The summed E-state index contributed by atoms with van der Waals surface area (Å²) in [5.74, 6) is -1.25. The number of anilines is 1.